The minimum absolute atomic E-state index is 0. The number of halogens is 1. The van der Waals surface area contributed by atoms with Gasteiger partial charge in [-0.05, 0) is 44.2 Å². The van der Waals surface area contributed by atoms with Gasteiger partial charge < -0.3 is 9.64 Å². The maximum atomic E-state index is 13.3. The predicted molar refractivity (Wildman–Crippen MR) is 122 cm³/mol. The Morgan fingerprint density at radius 2 is 1.69 bits per heavy atom. The Labute approximate surface area is 192 Å². The van der Waals surface area contributed by atoms with Gasteiger partial charge >= 0.3 is 6.03 Å². The maximum Gasteiger partial charge on any atom is 0.332 e. The molecule has 0 spiro atoms. The first-order valence-electron chi connectivity index (χ1n) is 9.75. The fourth-order valence-electron chi connectivity index (χ4n) is 3.43. The van der Waals surface area contributed by atoms with Crippen molar-refractivity contribution in [3.8, 4) is 17.6 Å². The number of urea groups is 1. The number of ether oxygens (including phenoxy) is 1. The number of aromatic nitrogens is 1. The van der Waals surface area contributed by atoms with E-state index in [1.807, 2.05) is 60.7 Å². The number of hydrogen-bond donors (Lipinski definition) is 0. The lowest BCUT2D eigenvalue weighted by molar-refractivity contribution is -0.123. The smallest absolute Gasteiger partial charge is 0.332 e. The Bertz CT molecular complexity index is 1170. The van der Waals surface area contributed by atoms with Crippen molar-refractivity contribution in [2.24, 2.45) is 0 Å². The zero-order valence-corrected chi connectivity index (χ0v) is 18.4. The van der Waals surface area contributed by atoms with Crippen LogP contribution in [0.5, 0.6) is 11.5 Å². The Morgan fingerprint density at radius 3 is 2.34 bits per heavy atom. The minimum atomic E-state index is -1.06. The van der Waals surface area contributed by atoms with E-state index >= 15 is 0 Å². The number of nitrogens with zero attached hydrogens (tertiary/aromatic N) is 4. The topological polar surface area (TPSA) is 86.5 Å². The lowest BCUT2D eigenvalue weighted by Crippen LogP contribution is -2.43. The van der Waals surface area contributed by atoms with Crippen LogP contribution < -0.4 is 9.64 Å². The molecule has 4 rings (SSSR count). The van der Waals surface area contributed by atoms with E-state index in [-0.39, 0.29) is 30.6 Å². The van der Waals surface area contributed by atoms with Gasteiger partial charge in [0.2, 0.25) is 0 Å². The molecule has 7 nitrogen and oxygen atoms in total. The quantitative estimate of drug-likeness (QED) is 0.517. The number of imide groups is 1. The number of benzene rings is 2. The Hall–Kier alpha value is -3.89. The second-order valence-corrected chi connectivity index (χ2v) is 7.60. The van der Waals surface area contributed by atoms with Gasteiger partial charge in [-0.2, -0.15) is 5.26 Å². The molecule has 0 saturated carbocycles. The number of hydrogen-bond acceptors (Lipinski definition) is 5. The molecule has 3 amide bonds. The molecular weight excluding hydrogens is 428 g/mol. The summed E-state index contributed by atoms with van der Waals surface area (Å²) in [5, 5.41) is 8.94. The molecule has 0 unspecified atom stereocenters. The third-order valence-corrected chi connectivity index (χ3v) is 5.22. The summed E-state index contributed by atoms with van der Waals surface area (Å²) < 4.78 is 6.01. The van der Waals surface area contributed by atoms with Crippen molar-refractivity contribution in [1.29, 1.82) is 5.26 Å². The average molecular weight is 449 g/mol. The van der Waals surface area contributed by atoms with E-state index in [1.54, 1.807) is 19.9 Å². The molecule has 0 N–H and O–H groups in total. The summed E-state index contributed by atoms with van der Waals surface area (Å²) in [6, 6.07) is 21.3. The van der Waals surface area contributed by atoms with Crippen LogP contribution in [0, 0.1) is 11.3 Å². The van der Waals surface area contributed by atoms with Gasteiger partial charge in [0.1, 0.15) is 28.8 Å². The third-order valence-electron chi connectivity index (χ3n) is 5.22. The van der Waals surface area contributed by atoms with Crippen LogP contribution in [0.4, 0.5) is 10.5 Å². The number of carbonyl (C=O) groups is 2. The summed E-state index contributed by atoms with van der Waals surface area (Å²) in [4.78, 5) is 33.0. The van der Waals surface area contributed by atoms with E-state index < -0.39 is 11.6 Å². The summed E-state index contributed by atoms with van der Waals surface area (Å²) in [7, 11) is 0. The van der Waals surface area contributed by atoms with Crippen molar-refractivity contribution >= 4 is 30.0 Å². The minimum Gasteiger partial charge on any atom is -0.457 e. The number of rotatable bonds is 5. The van der Waals surface area contributed by atoms with Crippen LogP contribution in [-0.2, 0) is 11.3 Å². The highest BCUT2D eigenvalue weighted by atomic mass is 35.5. The molecule has 3 aromatic rings. The third kappa shape index (κ3) is 4.13. The van der Waals surface area contributed by atoms with Crippen LogP contribution in [0.15, 0.2) is 72.9 Å². The summed E-state index contributed by atoms with van der Waals surface area (Å²) in [6.07, 6.45) is 1.36. The van der Waals surface area contributed by atoms with Gasteiger partial charge in [-0.3, -0.25) is 4.79 Å². The SMILES string of the molecule is CC1(C)C(=O)N(c2ccc(C#N)nc2)C(=O)N1Cc1ccccc1Oc1ccccc1.Cl. The van der Waals surface area contributed by atoms with Gasteiger partial charge in [0.05, 0.1) is 18.4 Å². The van der Waals surface area contributed by atoms with Gasteiger partial charge in [-0.1, -0.05) is 36.4 Å². The number of carbonyl (C=O) groups excluding carboxylic acids is 2. The van der Waals surface area contributed by atoms with Crippen LogP contribution in [0.25, 0.3) is 0 Å². The normalized spacial score (nSPS) is 14.7. The van der Waals surface area contributed by atoms with E-state index in [4.69, 9.17) is 10.00 Å². The first-order chi connectivity index (χ1) is 14.9. The summed E-state index contributed by atoms with van der Waals surface area (Å²) in [5.41, 5.74) is 0.259. The summed E-state index contributed by atoms with van der Waals surface area (Å²) >= 11 is 0. The highest BCUT2D eigenvalue weighted by molar-refractivity contribution is 6.22. The Morgan fingerprint density at radius 1 is 1.00 bits per heavy atom. The number of amides is 3. The van der Waals surface area contributed by atoms with Crippen LogP contribution in [-0.4, -0.2) is 27.4 Å². The Balaban J connectivity index is 0.00000289. The first kappa shape index (κ1) is 22.8. The van der Waals surface area contributed by atoms with E-state index in [1.165, 1.54) is 17.2 Å². The summed E-state index contributed by atoms with van der Waals surface area (Å²) in [6.45, 7) is 3.62. The van der Waals surface area contributed by atoms with Crippen LogP contribution in [0.1, 0.15) is 25.1 Å². The fourth-order valence-corrected chi connectivity index (χ4v) is 3.43. The highest BCUT2D eigenvalue weighted by Gasteiger charge is 2.52. The molecule has 162 valence electrons. The van der Waals surface area contributed by atoms with Crippen molar-refractivity contribution in [3.05, 3.63) is 84.2 Å². The molecule has 1 aliphatic heterocycles. The highest BCUT2D eigenvalue weighted by Crippen LogP contribution is 2.35. The molecule has 0 bridgehead atoms. The van der Waals surface area contributed by atoms with Gasteiger partial charge in [0.15, 0.2) is 0 Å². The molecule has 0 aliphatic carbocycles. The molecule has 8 heteroatoms. The zero-order chi connectivity index (χ0) is 22.0. The molecule has 1 saturated heterocycles. The summed E-state index contributed by atoms with van der Waals surface area (Å²) in [5.74, 6) is 0.942. The Kier molecular flexibility index (Phi) is 6.47. The lowest BCUT2D eigenvalue weighted by Gasteiger charge is -2.28. The lowest BCUT2D eigenvalue weighted by atomic mass is 10.0. The van der Waals surface area contributed by atoms with Crippen molar-refractivity contribution < 1.29 is 14.3 Å². The first-order valence-corrected chi connectivity index (χ1v) is 9.75. The van der Waals surface area contributed by atoms with Crippen molar-refractivity contribution in [1.82, 2.24) is 9.88 Å². The average Bonchev–Trinajstić information content (AvgIpc) is 2.95. The van der Waals surface area contributed by atoms with Crippen molar-refractivity contribution in [2.75, 3.05) is 4.90 Å². The fraction of sp³-hybridized carbons (Fsp3) is 0.167. The second-order valence-electron chi connectivity index (χ2n) is 7.60. The van der Waals surface area contributed by atoms with Gasteiger partial charge in [-0.25, -0.2) is 14.7 Å². The predicted octanol–water partition coefficient (Wildman–Crippen LogP) is 4.91. The van der Waals surface area contributed by atoms with Crippen LogP contribution >= 0.6 is 12.4 Å². The molecule has 2 aromatic carbocycles. The van der Waals surface area contributed by atoms with Crippen molar-refractivity contribution in [2.45, 2.75) is 25.9 Å². The second kappa shape index (κ2) is 9.08. The monoisotopic (exact) mass is 448 g/mol. The van der Waals surface area contributed by atoms with E-state index in [0.717, 1.165) is 10.5 Å². The number of para-hydroxylation sites is 2. The van der Waals surface area contributed by atoms with Crippen LogP contribution in [0.3, 0.4) is 0 Å². The number of pyridine rings is 1. The molecule has 2 heterocycles. The molecule has 0 radical (unpaired) electrons. The van der Waals surface area contributed by atoms with E-state index in [9.17, 15) is 9.59 Å². The molecule has 1 aliphatic rings. The number of nitriles is 1. The van der Waals surface area contributed by atoms with Crippen LogP contribution in [0.2, 0.25) is 0 Å². The molecule has 32 heavy (non-hydrogen) atoms. The molecule has 1 aromatic heterocycles. The van der Waals surface area contributed by atoms with Gasteiger partial charge in [-0.15, -0.1) is 12.4 Å². The molecule has 1 fully saturated rings. The molecular formula is C24H21ClN4O3. The van der Waals surface area contributed by atoms with Gasteiger partial charge in [0, 0.05) is 5.56 Å². The van der Waals surface area contributed by atoms with Crippen molar-refractivity contribution in [3.63, 3.8) is 0 Å². The number of anilines is 1. The maximum absolute atomic E-state index is 13.3. The van der Waals surface area contributed by atoms with Gasteiger partial charge in [0.25, 0.3) is 5.91 Å². The zero-order valence-electron chi connectivity index (χ0n) is 17.6. The van der Waals surface area contributed by atoms with E-state index in [2.05, 4.69) is 4.98 Å². The standard InChI is InChI=1S/C24H20N4O3.ClH/c1-24(2)22(29)28(19-13-12-18(14-25)26-15-19)23(30)27(24)16-17-8-6-7-11-21(17)31-20-9-4-3-5-10-20;/h3-13,15H,16H2,1-2H3;1H. The van der Waals surface area contributed by atoms with E-state index in [0.29, 0.717) is 17.2 Å². The largest absolute Gasteiger partial charge is 0.457 e. The molecule has 0 atom stereocenters.